The summed E-state index contributed by atoms with van der Waals surface area (Å²) in [5, 5.41) is 32.5. The number of carbonyl (C=O) groups is 2. The van der Waals surface area contributed by atoms with E-state index in [9.17, 15) is 9.90 Å². The molecule has 32 heavy (non-hydrogen) atoms. The number of nitrogens with two attached hydrogens (primary N) is 1. The first-order chi connectivity index (χ1) is 15.3. The fourth-order valence-corrected chi connectivity index (χ4v) is 3.36. The van der Waals surface area contributed by atoms with E-state index in [1.54, 1.807) is 5.38 Å². The van der Waals surface area contributed by atoms with Gasteiger partial charge in [0.1, 0.15) is 0 Å². The molecular weight excluding hydrogens is 432 g/mol. The van der Waals surface area contributed by atoms with E-state index in [0.29, 0.717) is 17.4 Å². The predicted octanol–water partition coefficient (Wildman–Crippen LogP) is 2.99. The molecule has 0 aliphatic carbocycles. The van der Waals surface area contributed by atoms with Gasteiger partial charge in [0.15, 0.2) is 5.13 Å². The van der Waals surface area contributed by atoms with Gasteiger partial charge < -0.3 is 31.7 Å². The second-order valence-corrected chi connectivity index (χ2v) is 7.65. The first-order valence-corrected chi connectivity index (χ1v) is 10.7. The van der Waals surface area contributed by atoms with Crippen LogP contribution >= 0.6 is 11.3 Å². The molecule has 10 heteroatoms. The molecule has 0 saturated carbocycles. The highest BCUT2D eigenvalue weighted by atomic mass is 32.1. The highest BCUT2D eigenvalue weighted by molar-refractivity contribution is 7.13. The van der Waals surface area contributed by atoms with Crippen molar-refractivity contribution in [2.45, 2.75) is 18.9 Å². The predicted molar refractivity (Wildman–Crippen MR) is 124 cm³/mol. The highest BCUT2D eigenvalue weighted by Gasteiger charge is 2.08. The van der Waals surface area contributed by atoms with E-state index in [1.807, 2.05) is 54.6 Å². The number of nitrogen functional groups attached to an aromatic ring is 1. The lowest BCUT2D eigenvalue weighted by molar-refractivity contribution is -0.115. The average Bonchev–Trinajstić information content (AvgIpc) is 3.16. The SMILES string of the molecule is Nc1nc(CC(=O)Nc2ccc(CCNC[C@H](O)c3ccccc3)cc2)cs1.O=C(O)O. The minimum absolute atomic E-state index is 0.116. The third-order valence-electron chi connectivity index (χ3n) is 4.26. The number of aliphatic hydroxyl groups excluding tert-OH is 1. The van der Waals surface area contributed by atoms with Crippen molar-refractivity contribution in [3.05, 3.63) is 76.8 Å². The van der Waals surface area contributed by atoms with E-state index in [1.165, 1.54) is 11.3 Å². The molecule has 2 aromatic carbocycles. The van der Waals surface area contributed by atoms with Crippen LogP contribution in [0.3, 0.4) is 0 Å². The number of hydrogen-bond donors (Lipinski definition) is 6. The molecule has 0 saturated heterocycles. The largest absolute Gasteiger partial charge is 0.503 e. The minimum atomic E-state index is -1.83. The Morgan fingerprint density at radius 3 is 2.31 bits per heavy atom. The summed E-state index contributed by atoms with van der Waals surface area (Å²) >= 11 is 1.33. The van der Waals surface area contributed by atoms with Gasteiger partial charge in [-0.1, -0.05) is 42.5 Å². The second-order valence-electron chi connectivity index (χ2n) is 6.76. The van der Waals surface area contributed by atoms with Crippen molar-refractivity contribution in [3.8, 4) is 0 Å². The summed E-state index contributed by atoms with van der Waals surface area (Å²) in [7, 11) is 0. The van der Waals surface area contributed by atoms with Crippen LogP contribution in [0.5, 0.6) is 0 Å². The summed E-state index contributed by atoms with van der Waals surface area (Å²) in [4.78, 5) is 24.7. The maximum absolute atomic E-state index is 12.0. The number of carboxylic acid groups (broad SMARTS) is 2. The molecule has 7 N–H and O–H groups in total. The number of nitrogens with one attached hydrogen (secondary N) is 2. The Labute approximate surface area is 189 Å². The first kappa shape index (κ1) is 24.8. The maximum Gasteiger partial charge on any atom is 0.503 e. The molecular formula is C22H26N4O5S. The minimum Gasteiger partial charge on any atom is -0.450 e. The van der Waals surface area contributed by atoms with Gasteiger partial charge in [0.2, 0.25) is 5.91 Å². The Morgan fingerprint density at radius 2 is 1.72 bits per heavy atom. The van der Waals surface area contributed by atoms with Crippen molar-refractivity contribution in [3.63, 3.8) is 0 Å². The van der Waals surface area contributed by atoms with Crippen LogP contribution in [0.4, 0.5) is 15.6 Å². The van der Waals surface area contributed by atoms with E-state index < -0.39 is 12.3 Å². The molecule has 0 unspecified atom stereocenters. The summed E-state index contributed by atoms with van der Waals surface area (Å²) < 4.78 is 0. The zero-order valence-electron chi connectivity index (χ0n) is 17.3. The van der Waals surface area contributed by atoms with Crippen molar-refractivity contribution < 1.29 is 24.9 Å². The summed E-state index contributed by atoms with van der Waals surface area (Å²) in [6, 6.07) is 17.4. The van der Waals surface area contributed by atoms with E-state index in [-0.39, 0.29) is 12.3 Å². The van der Waals surface area contributed by atoms with Crippen molar-refractivity contribution in [1.29, 1.82) is 0 Å². The zero-order chi connectivity index (χ0) is 23.3. The Morgan fingerprint density at radius 1 is 1.06 bits per heavy atom. The molecule has 0 fully saturated rings. The van der Waals surface area contributed by atoms with E-state index in [2.05, 4.69) is 15.6 Å². The van der Waals surface area contributed by atoms with Crippen molar-refractivity contribution >= 4 is 34.2 Å². The standard InChI is InChI=1S/C21H24N4O2S.CH2O3/c22-21-25-18(14-28-21)12-20(27)24-17-8-6-15(7-9-17)10-11-23-13-19(26)16-4-2-1-3-5-16;2-1(3)4/h1-9,14,19,23,26H,10-13H2,(H2,22,25)(H,24,27);(H2,2,3,4)/t19-;/m0./s1. The normalized spacial score (nSPS) is 11.2. The lowest BCUT2D eigenvalue weighted by Crippen LogP contribution is -2.23. The summed E-state index contributed by atoms with van der Waals surface area (Å²) in [5.41, 5.74) is 9.08. The lowest BCUT2D eigenvalue weighted by Gasteiger charge is -2.12. The van der Waals surface area contributed by atoms with Crippen LogP contribution in [0, 0.1) is 0 Å². The number of carbonyl (C=O) groups excluding carboxylic acids is 1. The third-order valence-corrected chi connectivity index (χ3v) is 4.98. The quantitative estimate of drug-likeness (QED) is 0.267. The third kappa shape index (κ3) is 9.56. The number of thiazole rings is 1. The van der Waals surface area contributed by atoms with Crippen LogP contribution in [0.25, 0.3) is 0 Å². The Kier molecular flexibility index (Phi) is 10.1. The molecule has 9 nitrogen and oxygen atoms in total. The summed E-state index contributed by atoms with van der Waals surface area (Å²) in [6.07, 6.45) is -1.29. The molecule has 3 aromatic rings. The summed E-state index contributed by atoms with van der Waals surface area (Å²) in [5.74, 6) is -0.116. The van der Waals surface area contributed by atoms with Gasteiger partial charge in [0, 0.05) is 17.6 Å². The average molecular weight is 459 g/mol. The van der Waals surface area contributed by atoms with Crippen molar-refractivity contribution in [2.75, 3.05) is 24.1 Å². The Bertz CT molecular complexity index is 976. The van der Waals surface area contributed by atoms with E-state index in [4.69, 9.17) is 20.7 Å². The number of nitrogens with zero attached hydrogens (tertiary/aromatic N) is 1. The molecule has 1 aromatic heterocycles. The first-order valence-electron chi connectivity index (χ1n) is 9.77. The second kappa shape index (κ2) is 13.1. The van der Waals surface area contributed by atoms with E-state index >= 15 is 0 Å². The van der Waals surface area contributed by atoms with Crippen LogP contribution < -0.4 is 16.4 Å². The maximum atomic E-state index is 12.0. The van der Waals surface area contributed by atoms with Crippen molar-refractivity contribution in [1.82, 2.24) is 10.3 Å². The Balaban J connectivity index is 0.000000837. The fraction of sp³-hybridized carbons (Fsp3) is 0.227. The molecule has 1 atom stereocenters. The van der Waals surface area contributed by atoms with Crippen molar-refractivity contribution in [2.24, 2.45) is 0 Å². The van der Waals surface area contributed by atoms with Gasteiger partial charge >= 0.3 is 6.16 Å². The number of rotatable bonds is 9. The van der Waals surface area contributed by atoms with Gasteiger partial charge in [-0.05, 0) is 36.2 Å². The number of anilines is 2. The van der Waals surface area contributed by atoms with Crippen LogP contribution in [0.1, 0.15) is 22.9 Å². The number of aliphatic hydroxyl groups is 1. The molecule has 170 valence electrons. The molecule has 0 bridgehead atoms. The number of amides is 1. The van der Waals surface area contributed by atoms with Crippen LogP contribution in [-0.2, 0) is 17.6 Å². The fourth-order valence-electron chi connectivity index (χ4n) is 2.79. The monoisotopic (exact) mass is 458 g/mol. The van der Waals surface area contributed by atoms with Gasteiger partial charge in [-0.3, -0.25) is 4.79 Å². The molecule has 0 aliphatic heterocycles. The number of aromatic nitrogens is 1. The van der Waals surface area contributed by atoms with Gasteiger partial charge in [0.25, 0.3) is 0 Å². The molecule has 0 radical (unpaired) electrons. The highest BCUT2D eigenvalue weighted by Crippen LogP contribution is 2.14. The lowest BCUT2D eigenvalue weighted by atomic mass is 10.1. The van der Waals surface area contributed by atoms with Gasteiger partial charge in [-0.15, -0.1) is 11.3 Å². The summed E-state index contributed by atoms with van der Waals surface area (Å²) in [6.45, 7) is 1.28. The number of hydrogen-bond acceptors (Lipinski definition) is 7. The van der Waals surface area contributed by atoms with Gasteiger partial charge in [-0.25, -0.2) is 9.78 Å². The number of benzene rings is 2. The molecule has 3 rings (SSSR count). The van der Waals surface area contributed by atoms with E-state index in [0.717, 1.165) is 29.8 Å². The van der Waals surface area contributed by atoms with Crippen LogP contribution in [-0.4, -0.2) is 45.5 Å². The molecule has 0 aliphatic rings. The van der Waals surface area contributed by atoms with Crippen LogP contribution in [0.2, 0.25) is 0 Å². The van der Waals surface area contributed by atoms with Crippen LogP contribution in [0.15, 0.2) is 60.0 Å². The smallest absolute Gasteiger partial charge is 0.450 e. The van der Waals surface area contributed by atoms with Gasteiger partial charge in [0.05, 0.1) is 18.2 Å². The molecule has 1 amide bonds. The Hall–Kier alpha value is -3.47. The topological polar surface area (TPSA) is 158 Å². The molecule has 1 heterocycles. The molecule has 0 spiro atoms. The zero-order valence-corrected chi connectivity index (χ0v) is 18.1. The van der Waals surface area contributed by atoms with Gasteiger partial charge in [-0.2, -0.15) is 0 Å².